The quantitative estimate of drug-likeness (QED) is 0.454. The van der Waals surface area contributed by atoms with Gasteiger partial charge in [-0.25, -0.2) is 9.78 Å². The Morgan fingerprint density at radius 2 is 2.31 bits per heavy atom. The highest BCUT2D eigenvalue weighted by Gasteiger charge is 2.38. The third-order valence-corrected chi connectivity index (χ3v) is 5.03. The van der Waals surface area contributed by atoms with Crippen LogP contribution in [0.15, 0.2) is 12.5 Å². The molecule has 1 aliphatic heterocycles. The lowest BCUT2D eigenvalue weighted by Crippen LogP contribution is -2.55. The number of H-pyrrole nitrogens is 1. The van der Waals surface area contributed by atoms with Crippen molar-refractivity contribution in [3.63, 3.8) is 0 Å². The zero-order valence-electron chi connectivity index (χ0n) is 14.7. The molecule has 0 spiro atoms. The molecule has 3 atom stereocenters. The lowest BCUT2D eigenvalue weighted by Gasteiger charge is -2.27. The number of likely N-dealkylation sites (tertiary alicyclic amines) is 1. The fourth-order valence-electron chi connectivity index (χ4n) is 2.96. The third-order valence-electron chi connectivity index (χ3n) is 4.38. The minimum Gasteiger partial charge on any atom is -0.480 e. The first-order valence-electron chi connectivity index (χ1n) is 8.49. The highest BCUT2D eigenvalue weighted by atomic mass is 32.2. The number of nitrogens with one attached hydrogen (secondary N) is 2. The number of hydrogen-bond donors (Lipinski definition) is 4. The summed E-state index contributed by atoms with van der Waals surface area (Å²) in [6.45, 7) is 0.365. The number of carboxylic acids is 1. The van der Waals surface area contributed by atoms with Gasteiger partial charge in [0, 0.05) is 24.9 Å². The largest absolute Gasteiger partial charge is 0.480 e. The van der Waals surface area contributed by atoms with Crippen LogP contribution in [-0.4, -0.2) is 74.4 Å². The maximum absolute atomic E-state index is 12.9. The van der Waals surface area contributed by atoms with E-state index in [0.717, 1.165) is 5.75 Å². The Hall–Kier alpha value is -2.07. The van der Waals surface area contributed by atoms with Gasteiger partial charge < -0.3 is 26.0 Å². The number of aromatic amines is 1. The lowest BCUT2D eigenvalue weighted by atomic mass is 10.1. The summed E-state index contributed by atoms with van der Waals surface area (Å²) in [5.74, 6) is -1.11. The van der Waals surface area contributed by atoms with E-state index in [0.29, 0.717) is 31.5 Å². The topological polar surface area (TPSA) is 141 Å². The van der Waals surface area contributed by atoms with Crippen molar-refractivity contribution in [2.24, 2.45) is 5.73 Å². The van der Waals surface area contributed by atoms with Gasteiger partial charge in [0.25, 0.3) is 0 Å². The molecular formula is C16H25N5O4S. The number of rotatable bonds is 9. The molecule has 2 amide bonds. The number of nitrogens with zero attached hydrogens (tertiary/aromatic N) is 2. The van der Waals surface area contributed by atoms with Crippen molar-refractivity contribution < 1.29 is 19.5 Å². The van der Waals surface area contributed by atoms with E-state index in [1.165, 1.54) is 11.2 Å². The molecule has 0 aliphatic carbocycles. The molecule has 0 radical (unpaired) electrons. The molecule has 1 aromatic rings. The standard InChI is InChI=1S/C16H25N5O4S/c1-26-6-4-11(17)14(22)20-12(7-10-8-18-9-19-10)15(23)21-5-2-3-13(21)16(24)25/h8-9,11-13H,2-7,17H2,1H3,(H,18,19)(H,20,22)(H,24,25). The zero-order valence-corrected chi connectivity index (χ0v) is 15.5. The number of aliphatic carboxylic acids is 1. The van der Waals surface area contributed by atoms with Crippen molar-refractivity contribution in [3.8, 4) is 0 Å². The molecule has 0 bridgehead atoms. The number of amides is 2. The van der Waals surface area contributed by atoms with Crippen LogP contribution in [0.5, 0.6) is 0 Å². The normalized spacial score (nSPS) is 19.2. The summed E-state index contributed by atoms with van der Waals surface area (Å²) in [6, 6.07) is -2.45. The van der Waals surface area contributed by atoms with E-state index in [4.69, 9.17) is 5.73 Å². The maximum atomic E-state index is 12.9. The minimum absolute atomic E-state index is 0.197. The molecule has 3 unspecified atom stereocenters. The second-order valence-corrected chi connectivity index (χ2v) is 7.24. The van der Waals surface area contributed by atoms with E-state index in [1.54, 1.807) is 18.0 Å². The summed E-state index contributed by atoms with van der Waals surface area (Å²) in [5.41, 5.74) is 6.56. The molecular weight excluding hydrogens is 358 g/mol. The zero-order chi connectivity index (χ0) is 19.1. The van der Waals surface area contributed by atoms with Gasteiger partial charge in [0.15, 0.2) is 0 Å². The third kappa shape index (κ3) is 5.21. The molecule has 2 rings (SSSR count). The smallest absolute Gasteiger partial charge is 0.326 e. The number of hydrogen-bond acceptors (Lipinski definition) is 6. The van der Waals surface area contributed by atoms with Gasteiger partial charge in [-0.1, -0.05) is 0 Å². The van der Waals surface area contributed by atoms with E-state index in [1.807, 2.05) is 6.26 Å². The van der Waals surface area contributed by atoms with Crippen LogP contribution in [0.4, 0.5) is 0 Å². The summed E-state index contributed by atoms with van der Waals surface area (Å²) in [7, 11) is 0. The second-order valence-electron chi connectivity index (χ2n) is 6.26. The van der Waals surface area contributed by atoms with Gasteiger partial charge in [-0.3, -0.25) is 9.59 Å². The van der Waals surface area contributed by atoms with Gasteiger partial charge in [0.2, 0.25) is 11.8 Å². The van der Waals surface area contributed by atoms with Crippen molar-refractivity contribution in [3.05, 3.63) is 18.2 Å². The van der Waals surface area contributed by atoms with Crippen LogP contribution >= 0.6 is 11.8 Å². The van der Waals surface area contributed by atoms with Crippen LogP contribution in [0.25, 0.3) is 0 Å². The highest BCUT2D eigenvalue weighted by molar-refractivity contribution is 7.98. The fraction of sp³-hybridized carbons (Fsp3) is 0.625. The van der Waals surface area contributed by atoms with Gasteiger partial charge in [-0.15, -0.1) is 0 Å². The molecule has 1 aromatic heterocycles. The van der Waals surface area contributed by atoms with Crippen LogP contribution in [0, 0.1) is 0 Å². The highest BCUT2D eigenvalue weighted by Crippen LogP contribution is 2.19. The van der Waals surface area contributed by atoms with Crippen LogP contribution < -0.4 is 11.1 Å². The minimum atomic E-state index is -1.03. The Kier molecular flexibility index (Phi) is 7.46. The summed E-state index contributed by atoms with van der Waals surface area (Å²) in [5, 5.41) is 12.0. The van der Waals surface area contributed by atoms with E-state index in [2.05, 4.69) is 15.3 Å². The predicted molar refractivity (Wildman–Crippen MR) is 97.6 cm³/mol. The van der Waals surface area contributed by atoms with Crippen LogP contribution in [0.2, 0.25) is 0 Å². The van der Waals surface area contributed by atoms with Gasteiger partial charge in [-0.2, -0.15) is 11.8 Å². The molecule has 5 N–H and O–H groups in total. The number of nitrogens with two attached hydrogens (primary N) is 1. The monoisotopic (exact) mass is 383 g/mol. The molecule has 0 aromatic carbocycles. The summed E-state index contributed by atoms with van der Waals surface area (Å²) in [4.78, 5) is 44.8. The van der Waals surface area contributed by atoms with Gasteiger partial charge in [-0.05, 0) is 31.3 Å². The number of aromatic nitrogens is 2. The molecule has 1 saturated heterocycles. The van der Waals surface area contributed by atoms with Gasteiger partial charge >= 0.3 is 5.97 Å². The van der Waals surface area contributed by atoms with Gasteiger partial charge in [0.1, 0.15) is 12.1 Å². The van der Waals surface area contributed by atoms with Crippen LogP contribution in [-0.2, 0) is 20.8 Å². The molecule has 10 heteroatoms. The molecule has 1 aliphatic rings. The Bertz CT molecular complexity index is 624. The first-order valence-corrected chi connectivity index (χ1v) is 9.88. The molecule has 9 nitrogen and oxygen atoms in total. The fourth-order valence-corrected chi connectivity index (χ4v) is 3.45. The molecule has 144 valence electrons. The van der Waals surface area contributed by atoms with Crippen LogP contribution in [0.1, 0.15) is 25.0 Å². The van der Waals surface area contributed by atoms with Crippen molar-refractivity contribution in [1.82, 2.24) is 20.2 Å². The first kappa shape index (κ1) is 20.2. The lowest BCUT2D eigenvalue weighted by molar-refractivity contribution is -0.149. The van der Waals surface area contributed by atoms with Crippen molar-refractivity contribution in [1.29, 1.82) is 0 Å². The maximum Gasteiger partial charge on any atom is 0.326 e. The Labute approximate surface area is 156 Å². The van der Waals surface area contributed by atoms with E-state index in [-0.39, 0.29) is 6.42 Å². The van der Waals surface area contributed by atoms with Crippen LogP contribution in [0.3, 0.4) is 0 Å². The molecule has 26 heavy (non-hydrogen) atoms. The molecule has 0 saturated carbocycles. The Balaban J connectivity index is 2.11. The first-order chi connectivity index (χ1) is 12.4. The number of imidazole rings is 1. The Morgan fingerprint density at radius 1 is 1.54 bits per heavy atom. The molecule has 2 heterocycles. The number of carboxylic acid groups (broad SMARTS) is 1. The SMILES string of the molecule is CSCCC(N)C(=O)NC(Cc1cnc[nH]1)C(=O)N1CCCC1C(=O)O. The van der Waals surface area contributed by atoms with Crippen molar-refractivity contribution in [2.45, 2.75) is 43.8 Å². The average Bonchev–Trinajstić information content (AvgIpc) is 3.29. The van der Waals surface area contributed by atoms with Gasteiger partial charge in [0.05, 0.1) is 12.4 Å². The summed E-state index contributed by atoms with van der Waals surface area (Å²) >= 11 is 1.59. The van der Waals surface area contributed by atoms with Crippen molar-refractivity contribution in [2.75, 3.05) is 18.6 Å². The van der Waals surface area contributed by atoms with Crippen molar-refractivity contribution >= 4 is 29.5 Å². The number of carbonyl (C=O) groups excluding carboxylic acids is 2. The average molecular weight is 383 g/mol. The molecule has 1 fully saturated rings. The summed E-state index contributed by atoms with van der Waals surface area (Å²) in [6.07, 6.45) is 6.72. The number of thioether (sulfide) groups is 1. The Morgan fingerprint density at radius 3 is 2.92 bits per heavy atom. The van der Waals surface area contributed by atoms with E-state index >= 15 is 0 Å². The second kappa shape index (κ2) is 9.58. The van der Waals surface area contributed by atoms with E-state index < -0.39 is 35.9 Å². The summed E-state index contributed by atoms with van der Waals surface area (Å²) < 4.78 is 0. The predicted octanol–water partition coefficient (Wildman–Crippen LogP) is -0.407. The number of carbonyl (C=O) groups is 3. The van der Waals surface area contributed by atoms with E-state index in [9.17, 15) is 19.5 Å².